The highest BCUT2D eigenvalue weighted by Crippen LogP contribution is 2.32. The molecule has 0 unspecified atom stereocenters. The van der Waals surface area contributed by atoms with E-state index in [4.69, 9.17) is 82.2 Å². The molecule has 2 amide bonds. The molecule has 3 N–H and O–H groups in total. The van der Waals surface area contributed by atoms with Gasteiger partial charge in [0.2, 0.25) is 11.2 Å². The van der Waals surface area contributed by atoms with Crippen molar-refractivity contribution in [2.24, 2.45) is 0 Å². The molecule has 0 spiro atoms. The van der Waals surface area contributed by atoms with Crippen molar-refractivity contribution >= 4 is 143 Å². The summed E-state index contributed by atoms with van der Waals surface area (Å²) in [5, 5.41) is 16.1. The van der Waals surface area contributed by atoms with Gasteiger partial charge in [0, 0.05) is 65.9 Å². The van der Waals surface area contributed by atoms with Gasteiger partial charge in [-0.3, -0.25) is 9.80 Å². The van der Waals surface area contributed by atoms with Crippen LogP contribution in [0.25, 0.3) is 20.4 Å². The first-order valence-electron chi connectivity index (χ1n) is 22.7. The zero-order valence-electron chi connectivity index (χ0n) is 41.2. The first-order chi connectivity index (χ1) is 34.5. The normalized spacial score (nSPS) is 15.9. The lowest BCUT2D eigenvalue weighted by molar-refractivity contribution is -0.147. The lowest BCUT2D eigenvalue weighted by Gasteiger charge is -2.40. The second-order valence-electron chi connectivity index (χ2n) is 18.2. The van der Waals surface area contributed by atoms with Crippen LogP contribution in [0.4, 0.5) is 27.2 Å². The van der Waals surface area contributed by atoms with Gasteiger partial charge in [0.15, 0.2) is 6.04 Å². The number of nitrogens with one attached hydrogen (secondary N) is 3. The maximum Gasteiger partial charge on any atom is 0.411 e. The number of fused-ring (bicyclic) bond motifs is 2. The number of nitrogens with zero attached hydrogens (tertiary/aromatic N) is 7. The Morgan fingerprint density at radius 1 is 0.658 bits per heavy atom. The molecule has 73 heavy (non-hydrogen) atoms. The number of hydrogen-bond acceptors (Lipinski definition) is 18. The Kier molecular flexibility index (Phi) is 19.8. The molecular formula is C48H55Cl5N10O8S2. The number of thiophene rings is 2. The number of amides is 2. The summed E-state index contributed by atoms with van der Waals surface area (Å²) >= 11 is 33.4. The van der Waals surface area contributed by atoms with Crippen LogP contribution in [0.15, 0.2) is 59.3 Å². The van der Waals surface area contributed by atoms with E-state index in [0.29, 0.717) is 76.9 Å². The Morgan fingerprint density at radius 2 is 1.15 bits per heavy atom. The number of methoxy groups -OCH3 is 2. The van der Waals surface area contributed by atoms with Crippen molar-refractivity contribution in [3.63, 3.8) is 0 Å². The monoisotopic (exact) mass is 1140 g/mol. The third-order valence-corrected chi connectivity index (χ3v) is 13.8. The first kappa shape index (κ1) is 57.1. The minimum atomic E-state index is -0.857. The van der Waals surface area contributed by atoms with Gasteiger partial charge in [-0.15, -0.1) is 22.7 Å². The van der Waals surface area contributed by atoms with E-state index in [1.165, 1.54) is 35.4 Å². The summed E-state index contributed by atoms with van der Waals surface area (Å²) in [5.74, 6) is 0.852. The molecule has 8 rings (SSSR count). The van der Waals surface area contributed by atoms with Gasteiger partial charge in [-0.25, -0.2) is 29.1 Å². The molecule has 2 aliphatic heterocycles. The van der Waals surface area contributed by atoms with E-state index < -0.39 is 47.4 Å². The third kappa shape index (κ3) is 15.9. The van der Waals surface area contributed by atoms with E-state index in [9.17, 15) is 19.2 Å². The number of halogens is 5. The molecule has 2 saturated heterocycles. The van der Waals surface area contributed by atoms with Gasteiger partial charge in [0.05, 0.1) is 41.2 Å². The van der Waals surface area contributed by atoms with Gasteiger partial charge in [-0.2, -0.15) is 9.97 Å². The molecule has 0 aliphatic carbocycles. The topological polar surface area (TPSA) is 203 Å². The fourth-order valence-electron chi connectivity index (χ4n) is 7.19. The van der Waals surface area contributed by atoms with Crippen LogP contribution in [0.2, 0.25) is 25.4 Å². The molecule has 18 nitrogen and oxygen atoms in total. The molecule has 0 radical (unpaired) electrons. The summed E-state index contributed by atoms with van der Waals surface area (Å²) in [6, 6.07) is 13.1. The molecule has 4 aromatic heterocycles. The highest BCUT2D eigenvalue weighted by molar-refractivity contribution is 7.18. The quantitative estimate of drug-likeness (QED) is 0.0700. The van der Waals surface area contributed by atoms with Gasteiger partial charge < -0.3 is 39.8 Å². The lowest BCUT2D eigenvalue weighted by atomic mass is 10.1. The van der Waals surface area contributed by atoms with Crippen molar-refractivity contribution in [3.05, 3.63) is 95.8 Å². The number of esters is 2. The van der Waals surface area contributed by atoms with Crippen LogP contribution in [0.5, 0.6) is 0 Å². The maximum absolute atomic E-state index is 12.8. The second-order valence-corrected chi connectivity index (χ2v) is 22.1. The highest BCUT2D eigenvalue weighted by atomic mass is 35.5. The van der Waals surface area contributed by atoms with Gasteiger partial charge in [0.25, 0.3) is 0 Å². The average Bonchev–Trinajstić information content (AvgIpc) is 4.02. The average molecular weight is 1140 g/mol. The number of carbonyl (C=O) groups excluding carboxylic acids is 4. The van der Waals surface area contributed by atoms with Gasteiger partial charge >= 0.3 is 24.1 Å². The van der Waals surface area contributed by atoms with Gasteiger partial charge in [-0.1, -0.05) is 58.5 Å². The molecule has 6 heterocycles. The number of piperazine rings is 2. The Bertz CT molecular complexity index is 2920. The Hall–Kier alpha value is -5.19. The number of ether oxygens (including phenoxy) is 4. The van der Waals surface area contributed by atoms with Crippen molar-refractivity contribution in [1.29, 1.82) is 0 Å². The molecule has 2 aliphatic rings. The minimum absolute atomic E-state index is 0.171. The Labute approximate surface area is 455 Å². The van der Waals surface area contributed by atoms with Crippen LogP contribution >= 0.6 is 80.7 Å². The molecule has 2 atom stereocenters. The maximum atomic E-state index is 12.8. The molecule has 392 valence electrons. The largest absolute Gasteiger partial charge is 0.467 e. The molecule has 2 aromatic carbocycles. The molecule has 2 fully saturated rings. The van der Waals surface area contributed by atoms with Crippen LogP contribution in [0.3, 0.4) is 0 Å². The number of aromatic nitrogens is 4. The minimum Gasteiger partial charge on any atom is -0.467 e. The molecule has 0 saturated carbocycles. The van der Waals surface area contributed by atoms with E-state index in [1.54, 1.807) is 77.1 Å². The van der Waals surface area contributed by atoms with E-state index in [2.05, 4.69) is 30.7 Å². The summed E-state index contributed by atoms with van der Waals surface area (Å²) in [6.45, 7) is 14.0. The van der Waals surface area contributed by atoms with Gasteiger partial charge in [0.1, 0.15) is 28.9 Å². The number of carbonyl (C=O) groups is 4. The van der Waals surface area contributed by atoms with Crippen LogP contribution in [0, 0.1) is 0 Å². The van der Waals surface area contributed by atoms with E-state index in [0.717, 1.165) is 31.6 Å². The highest BCUT2D eigenvalue weighted by Gasteiger charge is 2.40. The van der Waals surface area contributed by atoms with Crippen LogP contribution in [-0.4, -0.2) is 131 Å². The SMILES string of the molecule is COC(=O)[C@H]1CN(c2nc(NCc3ccc(Cl)cc3Cl)c3sccc3n2)CCN1C(=O)OC(C)(C)C.COC(=O)[C@H]1CNCCN1C(=O)OC(C)(C)C.Clc1ccc(CNc2nc(Cl)nc3ccsc23)c(Cl)c1. The smallest absolute Gasteiger partial charge is 0.411 e. The van der Waals surface area contributed by atoms with Crippen LogP contribution < -0.4 is 20.9 Å². The number of rotatable bonds is 9. The molecule has 0 bridgehead atoms. The fourth-order valence-corrected chi connectivity index (χ4v) is 9.91. The Balaban J connectivity index is 0.000000198. The zero-order valence-corrected chi connectivity index (χ0v) is 46.6. The lowest BCUT2D eigenvalue weighted by Crippen LogP contribution is -2.59. The summed E-state index contributed by atoms with van der Waals surface area (Å²) in [5.41, 5.74) is 2.18. The number of hydrogen-bond donors (Lipinski definition) is 3. The number of benzene rings is 2. The van der Waals surface area contributed by atoms with Crippen molar-refractivity contribution in [2.45, 2.75) is 77.9 Å². The molecule has 25 heteroatoms. The zero-order chi connectivity index (χ0) is 53.2. The predicted molar refractivity (Wildman–Crippen MR) is 290 cm³/mol. The summed E-state index contributed by atoms with van der Waals surface area (Å²) in [7, 11) is 2.61. The first-order valence-corrected chi connectivity index (χ1v) is 26.3. The van der Waals surface area contributed by atoms with Crippen molar-refractivity contribution in [3.8, 4) is 0 Å². The molecular weight excluding hydrogens is 1090 g/mol. The van der Waals surface area contributed by atoms with Gasteiger partial charge in [-0.05, 0) is 111 Å². The summed E-state index contributed by atoms with van der Waals surface area (Å²) in [4.78, 5) is 71.4. The fraction of sp³-hybridized carbons (Fsp3) is 0.417. The second kappa shape index (κ2) is 25.4. The van der Waals surface area contributed by atoms with Crippen molar-refractivity contribution in [2.75, 3.05) is 69.0 Å². The van der Waals surface area contributed by atoms with E-state index >= 15 is 0 Å². The van der Waals surface area contributed by atoms with E-state index in [1.807, 2.05) is 39.9 Å². The van der Waals surface area contributed by atoms with Crippen LogP contribution in [0.1, 0.15) is 52.7 Å². The third-order valence-electron chi connectivity index (χ3n) is 10.6. The van der Waals surface area contributed by atoms with E-state index in [-0.39, 0.29) is 18.4 Å². The summed E-state index contributed by atoms with van der Waals surface area (Å²) in [6.07, 6.45) is -1.04. The Morgan fingerprint density at radius 3 is 1.66 bits per heavy atom. The van der Waals surface area contributed by atoms with Crippen LogP contribution in [-0.2, 0) is 41.6 Å². The van der Waals surface area contributed by atoms with Crippen molar-refractivity contribution < 1.29 is 38.1 Å². The summed E-state index contributed by atoms with van der Waals surface area (Å²) < 4.78 is 22.3. The standard InChI is InChI=1S/C24H27Cl2N5O4S.C13H8Cl3N3S.C11H20N2O4/c1-24(2,3)35-23(33)31-9-8-30(13-18(31)21(32)34-4)22-28-17-7-10-36-19(17)20(29-22)27-12-14-5-6-15(25)11-16(14)26;14-8-2-1-7(9(15)5-8)6-17-12-11-10(3-4-20-11)18-13(16)19-12;1-11(2,3)17-10(15)13-6-5-12-7-8(13)9(14)16-4/h5-7,10-11,18H,8-9,12-13H2,1-4H3,(H,27,28,29);1-5H,6H2,(H,17,18,19);8,12H,5-7H2,1-4H3/t18-;;8-/m1.1/s1. The predicted octanol–water partition coefficient (Wildman–Crippen LogP) is 10.8. The molecule has 6 aromatic rings. The number of anilines is 3. The van der Waals surface area contributed by atoms with Crippen molar-refractivity contribution in [1.82, 2.24) is 35.1 Å².